The molecule has 2 aliphatic rings. The lowest BCUT2D eigenvalue weighted by atomic mass is 10.2. The van der Waals surface area contributed by atoms with Gasteiger partial charge < -0.3 is 14.2 Å². The van der Waals surface area contributed by atoms with Crippen LogP contribution in [0.5, 0.6) is 0 Å². The lowest BCUT2D eigenvalue weighted by Gasteiger charge is -2.35. The van der Waals surface area contributed by atoms with Gasteiger partial charge in [-0.05, 0) is 25.1 Å². The fraction of sp³-hybridized carbons (Fsp3) is 0.350. The summed E-state index contributed by atoms with van der Waals surface area (Å²) in [5.74, 6) is 2.50. The number of likely N-dealkylation sites (N-methyl/N-ethyl adjacent to an activating group) is 1. The molecule has 0 amide bonds. The van der Waals surface area contributed by atoms with E-state index < -0.39 is 0 Å². The van der Waals surface area contributed by atoms with Crippen molar-refractivity contribution in [3.05, 3.63) is 41.6 Å². The first-order valence-electron chi connectivity index (χ1n) is 9.95. The van der Waals surface area contributed by atoms with Crippen LogP contribution in [-0.4, -0.2) is 57.7 Å². The number of hydrazine groups is 2. The number of imidazole rings is 1. The Labute approximate surface area is 179 Å². The second-order valence-corrected chi connectivity index (χ2v) is 7.66. The molecule has 2 aromatic heterocycles. The molecule has 2 N–H and O–H groups in total. The molecule has 1 aromatic carbocycles. The van der Waals surface area contributed by atoms with Crippen molar-refractivity contribution in [1.29, 1.82) is 0 Å². The molecule has 0 bridgehead atoms. The summed E-state index contributed by atoms with van der Waals surface area (Å²) in [5, 5.41) is 6.85. The number of hydrogen-bond donors (Lipinski definition) is 2. The minimum absolute atomic E-state index is 0.155. The molecule has 9 nitrogen and oxygen atoms in total. The van der Waals surface area contributed by atoms with Gasteiger partial charge in [0.25, 0.3) is 0 Å². The van der Waals surface area contributed by atoms with Gasteiger partial charge in [-0.2, -0.15) is 0 Å². The lowest BCUT2D eigenvalue weighted by Crippen LogP contribution is -2.52. The zero-order valence-corrected chi connectivity index (χ0v) is 17.6. The SMILES string of the molecule is CCN1NNN=C1C1CN(c2cc(-c3nc4ccccc4n3C)c(Cl)cn2)CCO1. The first kappa shape index (κ1) is 19.1. The van der Waals surface area contributed by atoms with Gasteiger partial charge >= 0.3 is 0 Å². The summed E-state index contributed by atoms with van der Waals surface area (Å²) in [7, 11) is 2.00. The number of rotatable bonds is 4. The number of aromatic nitrogens is 3. The number of para-hydroxylation sites is 2. The number of halogens is 1. The van der Waals surface area contributed by atoms with Crippen molar-refractivity contribution in [3.63, 3.8) is 0 Å². The number of ether oxygens (including phenoxy) is 1. The van der Waals surface area contributed by atoms with E-state index in [1.807, 2.05) is 36.3 Å². The van der Waals surface area contributed by atoms with Crippen LogP contribution in [0.4, 0.5) is 5.82 Å². The average molecular weight is 427 g/mol. The highest BCUT2D eigenvalue weighted by atomic mass is 35.5. The fourth-order valence-corrected chi connectivity index (χ4v) is 4.11. The first-order valence-corrected chi connectivity index (χ1v) is 10.3. The minimum Gasteiger partial charge on any atom is -0.366 e. The van der Waals surface area contributed by atoms with Crippen molar-refractivity contribution in [2.24, 2.45) is 12.1 Å². The summed E-state index contributed by atoms with van der Waals surface area (Å²) in [5.41, 5.74) is 8.67. The van der Waals surface area contributed by atoms with Crippen molar-refractivity contribution >= 4 is 34.3 Å². The summed E-state index contributed by atoms with van der Waals surface area (Å²) < 4.78 is 8.04. The summed E-state index contributed by atoms with van der Waals surface area (Å²) >= 11 is 6.54. The van der Waals surface area contributed by atoms with Crippen LogP contribution in [0.15, 0.2) is 41.6 Å². The van der Waals surface area contributed by atoms with Crippen LogP contribution in [0.3, 0.4) is 0 Å². The number of benzene rings is 1. The van der Waals surface area contributed by atoms with Gasteiger partial charge in [0.05, 0.1) is 29.2 Å². The number of anilines is 1. The Hall–Kier alpha value is -2.88. The Morgan fingerprint density at radius 1 is 1.30 bits per heavy atom. The summed E-state index contributed by atoms with van der Waals surface area (Å²) in [6, 6.07) is 10.1. The van der Waals surface area contributed by atoms with E-state index in [4.69, 9.17) is 21.3 Å². The zero-order chi connectivity index (χ0) is 20.7. The third-order valence-electron chi connectivity index (χ3n) is 5.50. The summed E-state index contributed by atoms with van der Waals surface area (Å²) in [4.78, 5) is 11.6. The van der Waals surface area contributed by atoms with Crippen LogP contribution in [0.1, 0.15) is 6.92 Å². The van der Waals surface area contributed by atoms with Gasteiger partial charge in [0.2, 0.25) is 0 Å². The average Bonchev–Trinajstić information content (AvgIpc) is 3.39. The van der Waals surface area contributed by atoms with E-state index in [-0.39, 0.29) is 6.10 Å². The number of nitrogens with one attached hydrogen (secondary N) is 2. The van der Waals surface area contributed by atoms with Crippen LogP contribution < -0.4 is 16.0 Å². The van der Waals surface area contributed by atoms with Crippen molar-refractivity contribution < 1.29 is 4.74 Å². The highest BCUT2D eigenvalue weighted by molar-refractivity contribution is 6.33. The molecule has 4 heterocycles. The van der Waals surface area contributed by atoms with Crippen LogP contribution >= 0.6 is 11.6 Å². The van der Waals surface area contributed by atoms with Crippen LogP contribution in [0.25, 0.3) is 22.4 Å². The molecule has 0 radical (unpaired) electrons. The fourth-order valence-electron chi connectivity index (χ4n) is 3.92. The second kappa shape index (κ2) is 7.75. The van der Waals surface area contributed by atoms with E-state index in [2.05, 4.69) is 43.6 Å². The van der Waals surface area contributed by atoms with Gasteiger partial charge in [0.15, 0.2) is 5.84 Å². The van der Waals surface area contributed by atoms with Crippen LogP contribution in [-0.2, 0) is 11.8 Å². The van der Waals surface area contributed by atoms with Crippen LogP contribution in [0, 0.1) is 0 Å². The van der Waals surface area contributed by atoms with Gasteiger partial charge in [0.1, 0.15) is 17.7 Å². The second-order valence-electron chi connectivity index (χ2n) is 7.25. The maximum absolute atomic E-state index is 6.54. The molecule has 1 fully saturated rings. The van der Waals surface area contributed by atoms with Crippen molar-refractivity contribution in [2.75, 3.05) is 31.1 Å². The number of hydrogen-bond acceptors (Lipinski definition) is 8. The van der Waals surface area contributed by atoms with E-state index in [9.17, 15) is 0 Å². The van der Waals surface area contributed by atoms with Gasteiger partial charge in [-0.3, -0.25) is 5.01 Å². The van der Waals surface area contributed by atoms with Gasteiger partial charge in [0, 0.05) is 31.9 Å². The van der Waals surface area contributed by atoms with Crippen LogP contribution in [0.2, 0.25) is 5.02 Å². The lowest BCUT2D eigenvalue weighted by molar-refractivity contribution is 0.0742. The number of fused-ring (bicyclic) bond motifs is 1. The van der Waals surface area contributed by atoms with Crippen molar-refractivity contribution in [1.82, 2.24) is 30.6 Å². The Kier molecular flexibility index (Phi) is 4.93. The van der Waals surface area contributed by atoms with Gasteiger partial charge in [-0.25, -0.2) is 15.5 Å². The Morgan fingerprint density at radius 3 is 3.00 bits per heavy atom. The molecule has 30 heavy (non-hydrogen) atoms. The number of nitrogens with zero attached hydrogens (tertiary/aromatic N) is 6. The maximum Gasteiger partial charge on any atom is 0.173 e. The number of amidine groups is 1. The zero-order valence-electron chi connectivity index (χ0n) is 16.8. The third kappa shape index (κ3) is 3.24. The van der Waals surface area contributed by atoms with Gasteiger partial charge in [-0.15, -0.1) is 10.6 Å². The Bertz CT molecular complexity index is 1110. The Morgan fingerprint density at radius 2 is 2.17 bits per heavy atom. The predicted molar refractivity (Wildman–Crippen MR) is 117 cm³/mol. The monoisotopic (exact) mass is 426 g/mol. The van der Waals surface area contributed by atoms with E-state index >= 15 is 0 Å². The number of aryl methyl sites for hydroxylation is 1. The molecule has 0 aliphatic carbocycles. The van der Waals surface area contributed by atoms with E-state index in [1.165, 1.54) is 0 Å². The molecular formula is C20H23ClN8O. The number of hydrazone groups is 1. The molecule has 10 heteroatoms. The predicted octanol–water partition coefficient (Wildman–Crippen LogP) is 2.15. The smallest absolute Gasteiger partial charge is 0.173 e. The molecule has 3 aromatic rings. The van der Waals surface area contributed by atoms with E-state index in [0.29, 0.717) is 18.2 Å². The highest BCUT2D eigenvalue weighted by Crippen LogP contribution is 2.32. The standard InChI is InChI=1S/C20H23ClN8O/c1-3-29-20(24-25-26-29)17-12-28(8-9-30-17)18-10-13(14(21)11-22-18)19-23-15-6-4-5-7-16(15)27(19)2/h4-7,10-11,17,25-26H,3,8-9,12H2,1-2H3. The van der Waals surface area contributed by atoms with Crippen molar-refractivity contribution in [3.8, 4) is 11.4 Å². The van der Waals surface area contributed by atoms with E-state index in [0.717, 1.165) is 47.2 Å². The Balaban J connectivity index is 1.46. The minimum atomic E-state index is -0.155. The molecular weight excluding hydrogens is 404 g/mol. The largest absolute Gasteiger partial charge is 0.366 e. The molecule has 5 rings (SSSR count). The highest BCUT2D eigenvalue weighted by Gasteiger charge is 2.31. The molecule has 2 aliphatic heterocycles. The number of morpholine rings is 1. The normalized spacial score (nSPS) is 19.3. The summed E-state index contributed by atoms with van der Waals surface area (Å²) in [6.07, 6.45) is 1.54. The molecule has 0 saturated carbocycles. The van der Waals surface area contributed by atoms with Gasteiger partial charge in [-0.1, -0.05) is 23.7 Å². The molecule has 156 valence electrons. The summed E-state index contributed by atoms with van der Waals surface area (Å²) in [6.45, 7) is 4.82. The molecule has 1 atom stereocenters. The first-order chi connectivity index (χ1) is 14.7. The van der Waals surface area contributed by atoms with Crippen molar-refractivity contribution in [2.45, 2.75) is 13.0 Å². The topological polar surface area (TPSA) is 82.8 Å². The molecule has 1 unspecified atom stereocenters. The quantitative estimate of drug-likeness (QED) is 0.661. The van der Waals surface area contributed by atoms with E-state index in [1.54, 1.807) is 6.20 Å². The molecule has 1 saturated heterocycles. The third-order valence-corrected chi connectivity index (χ3v) is 5.80. The molecule has 0 spiro atoms. The maximum atomic E-state index is 6.54. The number of pyridine rings is 1.